The third kappa shape index (κ3) is 3.00. The van der Waals surface area contributed by atoms with Crippen LogP contribution in [0.2, 0.25) is 5.02 Å². The Morgan fingerprint density at radius 3 is 3.00 bits per heavy atom. The first-order valence-corrected chi connectivity index (χ1v) is 6.32. The Hall–Kier alpha value is -1.57. The summed E-state index contributed by atoms with van der Waals surface area (Å²) in [6.45, 7) is 0.860. The van der Waals surface area contributed by atoms with Gasteiger partial charge in [0.1, 0.15) is 6.07 Å². The predicted molar refractivity (Wildman–Crippen MR) is 70.4 cm³/mol. The van der Waals surface area contributed by atoms with Gasteiger partial charge in [0.15, 0.2) is 0 Å². The fourth-order valence-corrected chi connectivity index (χ4v) is 2.18. The number of anilines is 1. The second-order valence-electron chi connectivity index (χ2n) is 4.29. The number of halogens is 1. The SMILES string of the molecule is N#Cc1ccc(Cl)cc1NC(=O)[C@H]1CCCCN1. The van der Waals surface area contributed by atoms with E-state index in [4.69, 9.17) is 16.9 Å². The molecule has 1 aliphatic heterocycles. The Morgan fingerprint density at radius 2 is 2.33 bits per heavy atom. The van der Waals surface area contributed by atoms with Crippen molar-refractivity contribution in [2.24, 2.45) is 0 Å². The average Bonchev–Trinajstić information content (AvgIpc) is 2.40. The standard InChI is InChI=1S/C13H14ClN3O/c14-10-5-4-9(8-15)12(7-10)17-13(18)11-3-1-2-6-16-11/h4-5,7,11,16H,1-3,6H2,(H,17,18)/t11-/m1/s1. The van der Waals surface area contributed by atoms with Gasteiger partial charge >= 0.3 is 0 Å². The number of benzene rings is 1. The van der Waals surface area contributed by atoms with Crippen molar-refractivity contribution >= 4 is 23.2 Å². The molecule has 0 saturated carbocycles. The van der Waals surface area contributed by atoms with Crippen molar-refractivity contribution in [3.05, 3.63) is 28.8 Å². The van der Waals surface area contributed by atoms with Gasteiger partial charge in [-0.15, -0.1) is 0 Å². The fourth-order valence-electron chi connectivity index (χ4n) is 2.01. The molecular formula is C13H14ClN3O. The zero-order valence-corrected chi connectivity index (χ0v) is 10.6. The minimum Gasteiger partial charge on any atom is -0.323 e. The van der Waals surface area contributed by atoms with E-state index in [1.54, 1.807) is 18.2 Å². The maximum Gasteiger partial charge on any atom is 0.241 e. The molecule has 1 heterocycles. The zero-order valence-electron chi connectivity index (χ0n) is 9.87. The second kappa shape index (κ2) is 5.85. The summed E-state index contributed by atoms with van der Waals surface area (Å²) in [6, 6.07) is 6.70. The average molecular weight is 264 g/mol. The van der Waals surface area contributed by atoms with Crippen molar-refractivity contribution < 1.29 is 4.79 Å². The van der Waals surface area contributed by atoms with Gasteiger partial charge in [0, 0.05) is 5.02 Å². The molecular weight excluding hydrogens is 250 g/mol. The summed E-state index contributed by atoms with van der Waals surface area (Å²) < 4.78 is 0. The molecule has 5 heteroatoms. The molecule has 0 spiro atoms. The number of nitrogens with zero attached hydrogens (tertiary/aromatic N) is 1. The molecule has 1 atom stereocenters. The molecule has 2 rings (SSSR count). The number of carbonyl (C=O) groups excluding carboxylic acids is 1. The molecule has 0 unspecified atom stereocenters. The number of nitrogens with one attached hydrogen (secondary N) is 2. The molecule has 4 nitrogen and oxygen atoms in total. The summed E-state index contributed by atoms with van der Waals surface area (Å²) >= 11 is 5.87. The number of carbonyl (C=O) groups is 1. The van der Waals surface area contributed by atoms with Crippen LogP contribution in [-0.4, -0.2) is 18.5 Å². The van der Waals surface area contributed by atoms with E-state index >= 15 is 0 Å². The molecule has 1 amide bonds. The minimum atomic E-state index is -0.177. The molecule has 0 aliphatic carbocycles. The predicted octanol–water partition coefficient (Wildman–Crippen LogP) is 2.29. The zero-order chi connectivity index (χ0) is 13.0. The molecule has 0 aromatic heterocycles. The number of amides is 1. The Bertz CT molecular complexity index is 489. The highest BCUT2D eigenvalue weighted by Gasteiger charge is 2.21. The molecule has 1 fully saturated rings. The molecule has 0 radical (unpaired) electrons. The van der Waals surface area contributed by atoms with Crippen molar-refractivity contribution in [2.45, 2.75) is 25.3 Å². The lowest BCUT2D eigenvalue weighted by molar-refractivity contribution is -0.118. The van der Waals surface area contributed by atoms with Crippen molar-refractivity contribution in [3.8, 4) is 6.07 Å². The van der Waals surface area contributed by atoms with E-state index in [0.29, 0.717) is 16.3 Å². The summed E-state index contributed by atoms with van der Waals surface area (Å²) in [5, 5.41) is 15.4. The lowest BCUT2D eigenvalue weighted by Gasteiger charge is -2.22. The third-order valence-electron chi connectivity index (χ3n) is 2.99. The number of hydrogen-bond donors (Lipinski definition) is 2. The van der Waals surface area contributed by atoms with E-state index in [0.717, 1.165) is 25.8 Å². The minimum absolute atomic E-state index is 0.103. The summed E-state index contributed by atoms with van der Waals surface area (Å²) in [6.07, 6.45) is 2.98. The monoisotopic (exact) mass is 263 g/mol. The Balaban J connectivity index is 2.11. The third-order valence-corrected chi connectivity index (χ3v) is 3.22. The largest absolute Gasteiger partial charge is 0.323 e. The highest BCUT2D eigenvalue weighted by atomic mass is 35.5. The van der Waals surface area contributed by atoms with Crippen LogP contribution in [0.25, 0.3) is 0 Å². The van der Waals surface area contributed by atoms with Gasteiger partial charge in [-0.3, -0.25) is 4.79 Å². The molecule has 0 bridgehead atoms. The van der Waals surface area contributed by atoms with Crippen LogP contribution in [0.4, 0.5) is 5.69 Å². The first-order chi connectivity index (χ1) is 8.70. The van der Waals surface area contributed by atoms with Crippen LogP contribution in [0, 0.1) is 11.3 Å². The highest BCUT2D eigenvalue weighted by molar-refractivity contribution is 6.31. The van der Waals surface area contributed by atoms with Crippen molar-refractivity contribution in [1.82, 2.24) is 5.32 Å². The van der Waals surface area contributed by atoms with Crippen molar-refractivity contribution in [2.75, 3.05) is 11.9 Å². The Kier molecular flexibility index (Phi) is 4.19. The summed E-state index contributed by atoms with van der Waals surface area (Å²) in [5.41, 5.74) is 0.894. The summed E-state index contributed by atoms with van der Waals surface area (Å²) in [7, 11) is 0. The van der Waals surface area contributed by atoms with Gasteiger partial charge in [0.05, 0.1) is 17.3 Å². The molecule has 18 heavy (non-hydrogen) atoms. The molecule has 1 aromatic carbocycles. The van der Waals surface area contributed by atoms with Crippen LogP contribution in [0.15, 0.2) is 18.2 Å². The van der Waals surface area contributed by atoms with Gasteiger partial charge in [-0.05, 0) is 37.6 Å². The van der Waals surface area contributed by atoms with E-state index in [1.807, 2.05) is 6.07 Å². The summed E-state index contributed by atoms with van der Waals surface area (Å²) in [4.78, 5) is 12.0. The lowest BCUT2D eigenvalue weighted by Crippen LogP contribution is -2.43. The van der Waals surface area contributed by atoms with E-state index in [2.05, 4.69) is 10.6 Å². The number of rotatable bonds is 2. The van der Waals surface area contributed by atoms with Crippen LogP contribution in [-0.2, 0) is 4.79 Å². The van der Waals surface area contributed by atoms with Gasteiger partial charge in [-0.2, -0.15) is 5.26 Å². The highest BCUT2D eigenvalue weighted by Crippen LogP contribution is 2.21. The maximum absolute atomic E-state index is 12.0. The van der Waals surface area contributed by atoms with Gasteiger partial charge in [-0.25, -0.2) is 0 Å². The lowest BCUT2D eigenvalue weighted by atomic mass is 10.0. The first-order valence-electron chi connectivity index (χ1n) is 5.94. The number of piperidine rings is 1. The molecule has 2 N–H and O–H groups in total. The van der Waals surface area contributed by atoms with Gasteiger partial charge in [-0.1, -0.05) is 18.0 Å². The maximum atomic E-state index is 12.0. The van der Waals surface area contributed by atoms with E-state index < -0.39 is 0 Å². The van der Waals surface area contributed by atoms with Crippen LogP contribution in [0.3, 0.4) is 0 Å². The van der Waals surface area contributed by atoms with Gasteiger partial charge in [0.25, 0.3) is 0 Å². The smallest absolute Gasteiger partial charge is 0.241 e. The van der Waals surface area contributed by atoms with Crippen LogP contribution in [0.1, 0.15) is 24.8 Å². The van der Waals surface area contributed by atoms with Crippen LogP contribution >= 0.6 is 11.6 Å². The quantitative estimate of drug-likeness (QED) is 0.860. The van der Waals surface area contributed by atoms with Crippen molar-refractivity contribution in [1.29, 1.82) is 5.26 Å². The molecule has 94 valence electrons. The summed E-state index contributed by atoms with van der Waals surface area (Å²) in [5.74, 6) is -0.103. The topological polar surface area (TPSA) is 64.9 Å². The number of nitriles is 1. The van der Waals surface area contributed by atoms with E-state index in [9.17, 15) is 4.79 Å². The molecule has 1 saturated heterocycles. The van der Waals surface area contributed by atoms with Crippen LogP contribution in [0.5, 0.6) is 0 Å². The van der Waals surface area contributed by atoms with Crippen molar-refractivity contribution in [3.63, 3.8) is 0 Å². The van der Waals surface area contributed by atoms with Crippen LogP contribution < -0.4 is 10.6 Å². The van der Waals surface area contributed by atoms with Gasteiger partial charge in [0.2, 0.25) is 5.91 Å². The Labute approximate surface area is 111 Å². The van der Waals surface area contributed by atoms with E-state index in [-0.39, 0.29) is 11.9 Å². The van der Waals surface area contributed by atoms with E-state index in [1.165, 1.54) is 0 Å². The Morgan fingerprint density at radius 1 is 1.50 bits per heavy atom. The fraction of sp³-hybridized carbons (Fsp3) is 0.385. The normalized spacial score (nSPS) is 19.0. The second-order valence-corrected chi connectivity index (χ2v) is 4.73. The molecule has 1 aromatic rings. The first kappa shape index (κ1) is 12.9. The van der Waals surface area contributed by atoms with Gasteiger partial charge < -0.3 is 10.6 Å². The molecule has 1 aliphatic rings. The number of hydrogen-bond acceptors (Lipinski definition) is 3.